The van der Waals surface area contributed by atoms with Crippen LogP contribution in [-0.4, -0.2) is 76.0 Å². The topological polar surface area (TPSA) is 73.3 Å². The second-order valence-electron chi connectivity index (χ2n) is 8.11. The quantitative estimate of drug-likeness (QED) is 0.775. The Labute approximate surface area is 170 Å². The summed E-state index contributed by atoms with van der Waals surface area (Å²) in [6.07, 6.45) is -0.323. The normalized spacial score (nSPS) is 17.8. The third-order valence-corrected chi connectivity index (χ3v) is 5.86. The van der Waals surface area contributed by atoms with Crippen LogP contribution in [0.3, 0.4) is 0 Å². The molecule has 3 amide bonds. The number of aliphatic hydroxyl groups is 1. The minimum Gasteiger partial charge on any atom is -0.444 e. The van der Waals surface area contributed by atoms with Gasteiger partial charge in [-0.25, -0.2) is 9.59 Å². The number of amides is 3. The van der Waals surface area contributed by atoms with Crippen molar-refractivity contribution in [2.45, 2.75) is 44.4 Å². The summed E-state index contributed by atoms with van der Waals surface area (Å²) in [5, 5.41) is 9.39. The van der Waals surface area contributed by atoms with Crippen molar-refractivity contribution in [3.63, 3.8) is 0 Å². The van der Waals surface area contributed by atoms with Gasteiger partial charge < -0.3 is 24.5 Å². The van der Waals surface area contributed by atoms with Crippen molar-refractivity contribution in [2.75, 3.05) is 38.5 Å². The van der Waals surface area contributed by atoms with Crippen LogP contribution in [0.4, 0.5) is 9.59 Å². The van der Waals surface area contributed by atoms with Gasteiger partial charge >= 0.3 is 12.1 Å². The SMILES string of the molecule is CC(C)(C)OC(=O)N1CCN(C(=O)N2CCSc3ccc(CO)cc3C2)CC1. The highest BCUT2D eigenvalue weighted by atomic mass is 32.2. The molecule has 0 unspecified atom stereocenters. The molecule has 2 heterocycles. The third kappa shape index (κ3) is 5.11. The van der Waals surface area contributed by atoms with Crippen molar-refractivity contribution in [1.29, 1.82) is 0 Å². The number of benzene rings is 1. The van der Waals surface area contributed by atoms with E-state index in [2.05, 4.69) is 0 Å². The Morgan fingerprint density at radius 1 is 1.07 bits per heavy atom. The Balaban J connectivity index is 1.59. The lowest BCUT2D eigenvalue weighted by atomic mass is 10.1. The van der Waals surface area contributed by atoms with Crippen LogP contribution in [0.25, 0.3) is 0 Å². The zero-order valence-electron chi connectivity index (χ0n) is 16.8. The number of hydrogen-bond acceptors (Lipinski definition) is 5. The zero-order chi connectivity index (χ0) is 20.3. The van der Waals surface area contributed by atoms with E-state index in [1.165, 1.54) is 4.90 Å². The van der Waals surface area contributed by atoms with Gasteiger partial charge in [-0.1, -0.05) is 12.1 Å². The molecular weight excluding hydrogens is 378 g/mol. The molecule has 1 fully saturated rings. The van der Waals surface area contributed by atoms with E-state index in [4.69, 9.17) is 4.74 Å². The summed E-state index contributed by atoms with van der Waals surface area (Å²) < 4.78 is 5.42. The summed E-state index contributed by atoms with van der Waals surface area (Å²) in [5.41, 5.74) is 1.42. The Bertz CT molecular complexity index is 727. The minimum absolute atomic E-state index is 0.00147. The van der Waals surface area contributed by atoms with Gasteiger partial charge in [-0.2, -0.15) is 0 Å². The molecule has 0 radical (unpaired) electrons. The number of thioether (sulfide) groups is 1. The van der Waals surface area contributed by atoms with Gasteiger partial charge in [-0.15, -0.1) is 11.8 Å². The van der Waals surface area contributed by atoms with Crippen LogP contribution in [0, 0.1) is 0 Å². The summed E-state index contributed by atoms with van der Waals surface area (Å²) in [7, 11) is 0. The summed E-state index contributed by atoms with van der Waals surface area (Å²) in [6.45, 7) is 8.74. The molecule has 2 aliphatic rings. The van der Waals surface area contributed by atoms with E-state index in [-0.39, 0.29) is 18.7 Å². The molecule has 1 aromatic rings. The lowest BCUT2D eigenvalue weighted by molar-refractivity contribution is 0.0157. The molecule has 0 aliphatic carbocycles. The number of nitrogens with zero attached hydrogens (tertiary/aromatic N) is 3. The molecule has 0 aromatic heterocycles. The second kappa shape index (κ2) is 8.61. The maximum atomic E-state index is 13.0. The van der Waals surface area contributed by atoms with Crippen molar-refractivity contribution < 1.29 is 19.4 Å². The molecule has 154 valence electrons. The number of piperazine rings is 1. The average molecular weight is 408 g/mol. The van der Waals surface area contributed by atoms with E-state index < -0.39 is 5.60 Å². The molecule has 8 heteroatoms. The highest BCUT2D eigenvalue weighted by Crippen LogP contribution is 2.29. The maximum Gasteiger partial charge on any atom is 0.410 e. The Kier molecular flexibility index (Phi) is 6.40. The monoisotopic (exact) mass is 407 g/mol. The smallest absolute Gasteiger partial charge is 0.410 e. The standard InChI is InChI=1S/C20H29N3O4S/c1-20(2,3)27-19(26)22-8-6-21(7-9-22)18(25)23-10-11-28-17-5-4-15(14-24)12-16(17)13-23/h4-5,12,24H,6-11,13-14H2,1-3H3. The van der Waals surface area contributed by atoms with Crippen molar-refractivity contribution in [1.82, 2.24) is 14.7 Å². The Morgan fingerprint density at radius 2 is 1.75 bits per heavy atom. The first-order chi connectivity index (χ1) is 13.3. The fraction of sp³-hybridized carbons (Fsp3) is 0.600. The van der Waals surface area contributed by atoms with Gasteiger partial charge in [0.1, 0.15) is 5.60 Å². The van der Waals surface area contributed by atoms with E-state index in [1.54, 1.807) is 16.7 Å². The van der Waals surface area contributed by atoms with Crippen LogP contribution in [-0.2, 0) is 17.9 Å². The van der Waals surface area contributed by atoms with E-state index in [0.717, 1.165) is 16.9 Å². The van der Waals surface area contributed by atoms with Crippen LogP contribution in [0.5, 0.6) is 0 Å². The molecule has 0 bridgehead atoms. The number of fused-ring (bicyclic) bond motifs is 1. The first-order valence-electron chi connectivity index (χ1n) is 9.64. The molecular formula is C20H29N3O4S. The van der Waals surface area contributed by atoms with Crippen LogP contribution in [0.2, 0.25) is 0 Å². The second-order valence-corrected chi connectivity index (χ2v) is 9.24. The highest BCUT2D eigenvalue weighted by molar-refractivity contribution is 7.99. The number of urea groups is 1. The summed E-state index contributed by atoms with van der Waals surface area (Å²) in [4.78, 5) is 31.7. The molecule has 1 aromatic carbocycles. The highest BCUT2D eigenvalue weighted by Gasteiger charge is 2.30. The van der Waals surface area contributed by atoms with Gasteiger partial charge in [0.25, 0.3) is 0 Å². The fourth-order valence-corrected chi connectivity index (χ4v) is 4.32. The minimum atomic E-state index is -0.519. The maximum absolute atomic E-state index is 13.0. The van der Waals surface area contributed by atoms with Gasteiger partial charge in [0.15, 0.2) is 0 Å². The van der Waals surface area contributed by atoms with Crippen LogP contribution in [0.1, 0.15) is 31.9 Å². The van der Waals surface area contributed by atoms with Crippen LogP contribution in [0.15, 0.2) is 23.1 Å². The molecule has 0 spiro atoms. The number of carbonyl (C=O) groups is 2. The molecule has 28 heavy (non-hydrogen) atoms. The fourth-order valence-electron chi connectivity index (χ4n) is 3.32. The average Bonchev–Trinajstić information content (AvgIpc) is 2.87. The molecule has 3 rings (SSSR count). The van der Waals surface area contributed by atoms with Gasteiger partial charge in [-0.3, -0.25) is 0 Å². The summed E-state index contributed by atoms with van der Waals surface area (Å²) >= 11 is 1.74. The Morgan fingerprint density at radius 3 is 2.39 bits per heavy atom. The molecule has 0 saturated carbocycles. The van der Waals surface area contributed by atoms with E-state index >= 15 is 0 Å². The summed E-state index contributed by atoms with van der Waals surface area (Å²) in [5.74, 6) is 0.842. The van der Waals surface area contributed by atoms with E-state index in [9.17, 15) is 14.7 Å². The Hall–Kier alpha value is -1.93. The van der Waals surface area contributed by atoms with Crippen molar-refractivity contribution >= 4 is 23.9 Å². The number of rotatable bonds is 1. The van der Waals surface area contributed by atoms with Crippen molar-refractivity contribution in [2.24, 2.45) is 0 Å². The number of hydrogen-bond donors (Lipinski definition) is 1. The summed E-state index contributed by atoms with van der Waals surface area (Å²) in [6, 6.07) is 5.94. The lowest BCUT2D eigenvalue weighted by Gasteiger charge is -2.37. The zero-order valence-corrected chi connectivity index (χ0v) is 17.6. The molecule has 0 atom stereocenters. The van der Waals surface area contributed by atoms with Crippen molar-refractivity contribution in [3.8, 4) is 0 Å². The first kappa shape index (κ1) is 20.8. The van der Waals surface area contributed by atoms with Crippen LogP contribution >= 0.6 is 11.8 Å². The van der Waals surface area contributed by atoms with E-state index in [0.29, 0.717) is 39.3 Å². The van der Waals surface area contributed by atoms with Crippen molar-refractivity contribution in [3.05, 3.63) is 29.3 Å². The predicted octanol–water partition coefficient (Wildman–Crippen LogP) is 2.76. The first-order valence-corrected chi connectivity index (χ1v) is 10.6. The van der Waals surface area contributed by atoms with E-state index in [1.807, 2.05) is 48.8 Å². The third-order valence-electron chi connectivity index (χ3n) is 4.76. The van der Waals surface area contributed by atoms with Crippen LogP contribution < -0.4 is 0 Å². The number of carbonyl (C=O) groups excluding carboxylic acids is 2. The molecule has 7 nitrogen and oxygen atoms in total. The molecule has 1 saturated heterocycles. The largest absolute Gasteiger partial charge is 0.444 e. The lowest BCUT2D eigenvalue weighted by Crippen LogP contribution is -2.54. The predicted molar refractivity (Wildman–Crippen MR) is 108 cm³/mol. The number of aliphatic hydroxyl groups excluding tert-OH is 1. The molecule has 1 N–H and O–H groups in total. The molecule has 2 aliphatic heterocycles. The van der Waals surface area contributed by atoms with Gasteiger partial charge in [-0.05, 0) is 38.0 Å². The number of ether oxygens (including phenoxy) is 1. The van der Waals surface area contributed by atoms with Gasteiger partial charge in [0, 0.05) is 49.9 Å². The van der Waals surface area contributed by atoms with Gasteiger partial charge in [0.05, 0.1) is 6.61 Å². The van der Waals surface area contributed by atoms with Gasteiger partial charge in [0.2, 0.25) is 0 Å².